The molecule has 0 aliphatic carbocycles. The molecule has 2 aromatic carbocycles. The van der Waals surface area contributed by atoms with Gasteiger partial charge in [0.15, 0.2) is 0 Å². The topological polar surface area (TPSA) is 46.3 Å². The predicted molar refractivity (Wildman–Crippen MR) is 82.5 cm³/mol. The summed E-state index contributed by atoms with van der Waals surface area (Å²) in [6.07, 6.45) is 0. The molecule has 0 aliphatic heterocycles. The zero-order valence-electron chi connectivity index (χ0n) is 12.4. The number of hydrogen-bond acceptors (Lipinski definition) is 2. The predicted octanol–water partition coefficient (Wildman–Crippen LogP) is 3.55. The second-order valence-electron chi connectivity index (χ2n) is 5.18. The largest absolute Gasteiger partial charge is 0.398 e. The third-order valence-electron chi connectivity index (χ3n) is 3.78. The summed E-state index contributed by atoms with van der Waals surface area (Å²) in [7, 11) is 1.66. The number of amides is 1. The van der Waals surface area contributed by atoms with Crippen LogP contribution in [0.3, 0.4) is 0 Å². The lowest BCUT2D eigenvalue weighted by molar-refractivity contribution is 0.0740. The van der Waals surface area contributed by atoms with Crippen LogP contribution in [0.5, 0.6) is 0 Å². The number of halogens is 1. The number of hydrogen-bond donors (Lipinski definition) is 1. The van der Waals surface area contributed by atoms with Crippen molar-refractivity contribution in [2.45, 2.75) is 19.9 Å². The minimum atomic E-state index is -0.360. The minimum absolute atomic E-state index is 0.183. The van der Waals surface area contributed by atoms with E-state index in [0.29, 0.717) is 16.8 Å². The van der Waals surface area contributed by atoms with E-state index in [1.165, 1.54) is 11.0 Å². The number of aryl methyl sites for hydroxylation is 1. The number of benzene rings is 2. The molecule has 1 atom stereocenters. The van der Waals surface area contributed by atoms with Gasteiger partial charge in [0, 0.05) is 23.9 Å². The minimum Gasteiger partial charge on any atom is -0.398 e. The summed E-state index contributed by atoms with van der Waals surface area (Å²) in [5, 5.41) is 0. The second kappa shape index (κ2) is 5.95. The highest BCUT2D eigenvalue weighted by Crippen LogP contribution is 2.24. The molecule has 21 heavy (non-hydrogen) atoms. The monoisotopic (exact) mass is 286 g/mol. The van der Waals surface area contributed by atoms with E-state index in [-0.39, 0.29) is 17.8 Å². The van der Waals surface area contributed by atoms with Crippen LogP contribution in [-0.4, -0.2) is 17.9 Å². The van der Waals surface area contributed by atoms with Gasteiger partial charge in [0.2, 0.25) is 0 Å². The van der Waals surface area contributed by atoms with Crippen molar-refractivity contribution in [1.82, 2.24) is 4.90 Å². The lowest BCUT2D eigenvalue weighted by Gasteiger charge is -2.26. The molecule has 0 spiro atoms. The molecule has 0 saturated heterocycles. The number of nitrogens with two attached hydrogens (primary N) is 1. The van der Waals surface area contributed by atoms with Crippen molar-refractivity contribution < 1.29 is 9.18 Å². The van der Waals surface area contributed by atoms with E-state index in [0.717, 1.165) is 5.56 Å². The Morgan fingerprint density at radius 2 is 1.90 bits per heavy atom. The number of anilines is 1. The molecule has 0 aromatic heterocycles. The van der Waals surface area contributed by atoms with Crippen molar-refractivity contribution in [2.24, 2.45) is 0 Å². The zero-order valence-corrected chi connectivity index (χ0v) is 12.4. The first-order valence-electron chi connectivity index (χ1n) is 6.79. The van der Waals surface area contributed by atoms with Crippen LogP contribution in [0.4, 0.5) is 10.1 Å². The van der Waals surface area contributed by atoms with Crippen molar-refractivity contribution >= 4 is 11.6 Å². The molecule has 0 aliphatic rings. The van der Waals surface area contributed by atoms with Crippen molar-refractivity contribution in [3.63, 3.8) is 0 Å². The second-order valence-corrected chi connectivity index (χ2v) is 5.18. The van der Waals surface area contributed by atoms with Crippen LogP contribution in [0.1, 0.15) is 34.5 Å². The van der Waals surface area contributed by atoms with E-state index in [2.05, 4.69) is 0 Å². The van der Waals surface area contributed by atoms with E-state index in [1.54, 1.807) is 44.3 Å². The Bertz CT molecular complexity index is 670. The highest BCUT2D eigenvalue weighted by molar-refractivity contribution is 5.95. The summed E-state index contributed by atoms with van der Waals surface area (Å²) in [4.78, 5) is 14.0. The molecule has 0 saturated carbocycles. The molecule has 1 amide bonds. The average molecular weight is 286 g/mol. The molecular formula is C17H19FN2O. The Hall–Kier alpha value is -2.36. The summed E-state index contributed by atoms with van der Waals surface area (Å²) in [5.41, 5.74) is 8.34. The maximum absolute atomic E-state index is 13.8. The summed E-state index contributed by atoms with van der Waals surface area (Å²) < 4.78 is 13.8. The van der Waals surface area contributed by atoms with E-state index >= 15 is 0 Å². The SMILES string of the molecule is Cc1ccc(C(=O)N(C)C(C)c2ccccc2F)cc1N. The fraction of sp³-hybridized carbons (Fsp3) is 0.235. The van der Waals surface area contributed by atoms with Gasteiger partial charge < -0.3 is 10.6 Å². The van der Waals surface area contributed by atoms with Gasteiger partial charge in [0.1, 0.15) is 5.82 Å². The zero-order chi connectivity index (χ0) is 15.6. The van der Waals surface area contributed by atoms with Gasteiger partial charge in [-0.05, 0) is 37.6 Å². The average Bonchev–Trinajstić information content (AvgIpc) is 2.48. The summed E-state index contributed by atoms with van der Waals surface area (Å²) >= 11 is 0. The molecule has 0 fully saturated rings. The van der Waals surface area contributed by atoms with Crippen LogP contribution in [0, 0.1) is 12.7 Å². The molecule has 1 unspecified atom stereocenters. The van der Waals surface area contributed by atoms with Crippen molar-refractivity contribution in [3.05, 3.63) is 65.0 Å². The fourth-order valence-corrected chi connectivity index (χ4v) is 2.18. The molecule has 0 bridgehead atoms. The lowest BCUT2D eigenvalue weighted by Crippen LogP contribution is -2.30. The van der Waals surface area contributed by atoms with Gasteiger partial charge in [-0.15, -0.1) is 0 Å². The molecule has 2 rings (SSSR count). The lowest BCUT2D eigenvalue weighted by atomic mass is 10.0. The molecule has 110 valence electrons. The van der Waals surface area contributed by atoms with E-state index in [1.807, 2.05) is 13.0 Å². The highest BCUT2D eigenvalue weighted by Gasteiger charge is 2.21. The summed E-state index contributed by atoms with van der Waals surface area (Å²) in [6.45, 7) is 3.68. The molecule has 4 heteroatoms. The number of carbonyl (C=O) groups is 1. The molecular weight excluding hydrogens is 267 g/mol. The van der Waals surface area contributed by atoms with Crippen LogP contribution >= 0.6 is 0 Å². The number of nitrogens with zero attached hydrogens (tertiary/aromatic N) is 1. The van der Waals surface area contributed by atoms with Crippen LogP contribution in [0.25, 0.3) is 0 Å². The molecule has 0 heterocycles. The Kier molecular flexibility index (Phi) is 4.26. The van der Waals surface area contributed by atoms with E-state index in [9.17, 15) is 9.18 Å². The highest BCUT2D eigenvalue weighted by atomic mass is 19.1. The van der Waals surface area contributed by atoms with Crippen molar-refractivity contribution in [2.75, 3.05) is 12.8 Å². The van der Waals surface area contributed by atoms with Gasteiger partial charge in [0.05, 0.1) is 6.04 Å². The third kappa shape index (κ3) is 3.05. The Morgan fingerprint density at radius 3 is 2.52 bits per heavy atom. The number of carbonyl (C=O) groups excluding carboxylic acids is 1. The summed E-state index contributed by atoms with van der Waals surface area (Å²) in [5.74, 6) is -0.495. The van der Waals surface area contributed by atoms with Gasteiger partial charge >= 0.3 is 0 Å². The quantitative estimate of drug-likeness (QED) is 0.877. The van der Waals surface area contributed by atoms with E-state index in [4.69, 9.17) is 5.73 Å². The first kappa shape index (κ1) is 15.0. The Balaban J connectivity index is 2.26. The Morgan fingerprint density at radius 1 is 1.24 bits per heavy atom. The maximum atomic E-state index is 13.8. The van der Waals surface area contributed by atoms with Crippen LogP contribution in [-0.2, 0) is 0 Å². The normalized spacial score (nSPS) is 12.0. The van der Waals surface area contributed by atoms with Crippen LogP contribution in [0.15, 0.2) is 42.5 Å². The smallest absolute Gasteiger partial charge is 0.254 e. The standard InChI is InChI=1S/C17H19FN2O/c1-11-8-9-13(10-16(11)19)17(21)20(3)12(2)14-6-4-5-7-15(14)18/h4-10,12H,19H2,1-3H3. The number of nitrogen functional groups attached to an aromatic ring is 1. The molecule has 2 N–H and O–H groups in total. The van der Waals surface area contributed by atoms with Crippen LogP contribution < -0.4 is 5.73 Å². The molecule has 2 aromatic rings. The van der Waals surface area contributed by atoms with Gasteiger partial charge in [0.25, 0.3) is 5.91 Å². The summed E-state index contributed by atoms with van der Waals surface area (Å²) in [6, 6.07) is 11.3. The van der Waals surface area contributed by atoms with Crippen LogP contribution in [0.2, 0.25) is 0 Å². The van der Waals surface area contributed by atoms with Gasteiger partial charge in [-0.2, -0.15) is 0 Å². The maximum Gasteiger partial charge on any atom is 0.254 e. The van der Waals surface area contributed by atoms with Gasteiger partial charge in [-0.3, -0.25) is 4.79 Å². The Labute approximate surface area is 124 Å². The molecule has 0 radical (unpaired) electrons. The van der Waals surface area contributed by atoms with E-state index < -0.39 is 0 Å². The van der Waals surface area contributed by atoms with Gasteiger partial charge in [-0.1, -0.05) is 24.3 Å². The number of rotatable bonds is 3. The van der Waals surface area contributed by atoms with Crippen molar-refractivity contribution in [3.8, 4) is 0 Å². The molecule has 3 nitrogen and oxygen atoms in total. The third-order valence-corrected chi connectivity index (χ3v) is 3.78. The first-order chi connectivity index (χ1) is 9.91. The first-order valence-corrected chi connectivity index (χ1v) is 6.79. The fourth-order valence-electron chi connectivity index (χ4n) is 2.18. The van der Waals surface area contributed by atoms with Gasteiger partial charge in [-0.25, -0.2) is 4.39 Å². The van der Waals surface area contributed by atoms with Crippen molar-refractivity contribution in [1.29, 1.82) is 0 Å².